The van der Waals surface area contributed by atoms with Crippen molar-refractivity contribution in [3.05, 3.63) is 17.8 Å². The second kappa shape index (κ2) is 5.61. The topological polar surface area (TPSA) is 102 Å². The quantitative estimate of drug-likeness (QED) is 0.780. The Morgan fingerprint density at radius 3 is 2.84 bits per heavy atom. The highest BCUT2D eigenvalue weighted by atomic mass is 16.5. The fraction of sp³-hybridized carbons (Fsp3) is 0.455. The van der Waals surface area contributed by atoms with E-state index in [9.17, 15) is 9.59 Å². The molecule has 0 saturated carbocycles. The molecular weight excluding hydrogens is 254 g/mol. The lowest BCUT2D eigenvalue weighted by molar-refractivity contribution is -0.147. The number of nitrogens with zero attached hydrogens (tertiary/aromatic N) is 3. The van der Waals surface area contributed by atoms with Crippen LogP contribution in [0, 0.1) is 0 Å². The molecule has 1 N–H and O–H groups in total. The van der Waals surface area contributed by atoms with Gasteiger partial charge in [-0.25, -0.2) is 4.79 Å². The van der Waals surface area contributed by atoms with Crippen molar-refractivity contribution in [2.45, 2.75) is 6.04 Å². The molecule has 1 fully saturated rings. The lowest BCUT2D eigenvalue weighted by atomic mass is 10.2. The summed E-state index contributed by atoms with van der Waals surface area (Å²) in [4.78, 5) is 24.5. The van der Waals surface area contributed by atoms with Gasteiger partial charge in [-0.3, -0.25) is 4.79 Å². The number of carboxylic acid groups (broad SMARTS) is 1. The van der Waals surface area contributed by atoms with Crippen molar-refractivity contribution in [1.82, 2.24) is 15.1 Å². The first-order valence-electron chi connectivity index (χ1n) is 5.62. The van der Waals surface area contributed by atoms with Crippen LogP contribution in [0.1, 0.15) is 10.5 Å². The predicted octanol–water partition coefficient (Wildman–Crippen LogP) is -0.589. The third kappa shape index (κ3) is 2.79. The van der Waals surface area contributed by atoms with Gasteiger partial charge >= 0.3 is 5.97 Å². The molecule has 0 radical (unpaired) electrons. The average molecular weight is 267 g/mol. The standard InChI is InChI=1S/C11H13N3O5/c1-18-9-3-2-7(12-13-9)10(15)14-4-5-19-6-8(14)11(16)17/h2-3,8H,4-6H2,1H3,(H,16,17). The third-order valence-corrected chi connectivity index (χ3v) is 2.74. The van der Waals surface area contributed by atoms with E-state index in [1.54, 1.807) is 0 Å². The van der Waals surface area contributed by atoms with Gasteiger partial charge in [0.1, 0.15) is 0 Å². The van der Waals surface area contributed by atoms with Crippen molar-refractivity contribution in [3.63, 3.8) is 0 Å². The number of carbonyl (C=O) groups excluding carboxylic acids is 1. The van der Waals surface area contributed by atoms with Crippen LogP contribution in [0.25, 0.3) is 0 Å². The first-order valence-corrected chi connectivity index (χ1v) is 5.62. The van der Waals surface area contributed by atoms with E-state index in [1.165, 1.54) is 24.1 Å². The Kier molecular flexibility index (Phi) is 3.91. The Balaban J connectivity index is 2.18. The Hall–Kier alpha value is -2.22. The highest BCUT2D eigenvalue weighted by Gasteiger charge is 2.33. The Morgan fingerprint density at radius 1 is 1.47 bits per heavy atom. The Morgan fingerprint density at radius 2 is 2.26 bits per heavy atom. The lowest BCUT2D eigenvalue weighted by Crippen LogP contribution is -2.52. The number of aliphatic carboxylic acids is 1. The van der Waals surface area contributed by atoms with Crippen LogP contribution in [-0.2, 0) is 9.53 Å². The molecule has 19 heavy (non-hydrogen) atoms. The summed E-state index contributed by atoms with van der Waals surface area (Å²) in [5.74, 6) is -1.30. The number of hydrogen-bond donors (Lipinski definition) is 1. The molecule has 0 aromatic carbocycles. The lowest BCUT2D eigenvalue weighted by Gasteiger charge is -2.32. The van der Waals surface area contributed by atoms with Crippen LogP contribution in [0.3, 0.4) is 0 Å². The molecule has 2 rings (SSSR count). The van der Waals surface area contributed by atoms with E-state index in [0.717, 1.165) is 0 Å². The minimum absolute atomic E-state index is 0.0232. The summed E-state index contributed by atoms with van der Waals surface area (Å²) in [5, 5.41) is 16.5. The van der Waals surface area contributed by atoms with E-state index in [1.807, 2.05) is 0 Å². The molecule has 8 heteroatoms. The molecule has 1 unspecified atom stereocenters. The Labute approximate surface area is 108 Å². The van der Waals surface area contributed by atoms with E-state index < -0.39 is 17.9 Å². The van der Waals surface area contributed by atoms with Crippen molar-refractivity contribution in [2.24, 2.45) is 0 Å². The summed E-state index contributed by atoms with van der Waals surface area (Å²) < 4.78 is 9.91. The molecule has 0 bridgehead atoms. The summed E-state index contributed by atoms with van der Waals surface area (Å²) in [7, 11) is 1.44. The number of methoxy groups -OCH3 is 1. The highest BCUT2D eigenvalue weighted by molar-refractivity contribution is 5.95. The van der Waals surface area contributed by atoms with Gasteiger partial charge in [0.2, 0.25) is 5.88 Å². The van der Waals surface area contributed by atoms with Crippen LogP contribution in [0.2, 0.25) is 0 Å². The van der Waals surface area contributed by atoms with Crippen LogP contribution in [0.4, 0.5) is 0 Å². The van der Waals surface area contributed by atoms with Gasteiger partial charge in [0, 0.05) is 12.6 Å². The van der Waals surface area contributed by atoms with Crippen LogP contribution in [0.15, 0.2) is 12.1 Å². The van der Waals surface area contributed by atoms with Crippen molar-refractivity contribution in [3.8, 4) is 5.88 Å². The van der Waals surface area contributed by atoms with Crippen molar-refractivity contribution >= 4 is 11.9 Å². The number of aromatic nitrogens is 2. The molecule has 1 aliphatic heterocycles. The SMILES string of the molecule is COc1ccc(C(=O)N2CCOCC2C(=O)O)nn1. The molecular formula is C11H13N3O5. The monoisotopic (exact) mass is 267 g/mol. The maximum Gasteiger partial charge on any atom is 0.328 e. The zero-order valence-corrected chi connectivity index (χ0v) is 10.3. The summed E-state index contributed by atoms with van der Waals surface area (Å²) >= 11 is 0. The minimum Gasteiger partial charge on any atom is -0.480 e. The molecule has 1 aromatic rings. The van der Waals surface area contributed by atoms with E-state index in [0.29, 0.717) is 6.61 Å². The summed E-state index contributed by atoms with van der Waals surface area (Å²) in [5.41, 5.74) is 0.0777. The summed E-state index contributed by atoms with van der Waals surface area (Å²) in [6.45, 7) is 0.493. The van der Waals surface area contributed by atoms with Gasteiger partial charge in [-0.1, -0.05) is 0 Å². The van der Waals surface area contributed by atoms with Crippen molar-refractivity contribution in [1.29, 1.82) is 0 Å². The third-order valence-electron chi connectivity index (χ3n) is 2.74. The molecule has 1 aromatic heterocycles. The van der Waals surface area contributed by atoms with Gasteiger partial charge in [-0.05, 0) is 6.07 Å². The number of hydrogen-bond acceptors (Lipinski definition) is 6. The summed E-state index contributed by atoms with van der Waals surface area (Å²) in [6.07, 6.45) is 0. The normalized spacial score (nSPS) is 19.0. The zero-order valence-electron chi connectivity index (χ0n) is 10.3. The maximum atomic E-state index is 12.2. The number of carboxylic acids is 1. The van der Waals surface area contributed by atoms with E-state index >= 15 is 0 Å². The molecule has 2 heterocycles. The van der Waals surface area contributed by atoms with Crippen molar-refractivity contribution in [2.75, 3.05) is 26.9 Å². The minimum atomic E-state index is -1.10. The zero-order chi connectivity index (χ0) is 13.8. The van der Waals surface area contributed by atoms with Gasteiger partial charge in [-0.2, -0.15) is 0 Å². The van der Waals surface area contributed by atoms with Gasteiger partial charge in [-0.15, -0.1) is 10.2 Å². The molecule has 1 atom stereocenters. The molecule has 1 amide bonds. The first-order chi connectivity index (χ1) is 9.13. The molecule has 0 aliphatic carbocycles. The maximum absolute atomic E-state index is 12.2. The average Bonchev–Trinajstić information content (AvgIpc) is 2.46. The van der Waals surface area contributed by atoms with Crippen LogP contribution < -0.4 is 4.74 Å². The molecule has 102 valence electrons. The highest BCUT2D eigenvalue weighted by Crippen LogP contribution is 2.12. The van der Waals surface area contributed by atoms with Gasteiger partial charge in [0.25, 0.3) is 5.91 Å². The van der Waals surface area contributed by atoms with Crippen LogP contribution in [0.5, 0.6) is 5.88 Å². The molecule has 1 saturated heterocycles. The smallest absolute Gasteiger partial charge is 0.328 e. The number of rotatable bonds is 3. The second-order valence-electron chi connectivity index (χ2n) is 3.89. The van der Waals surface area contributed by atoms with E-state index in [2.05, 4.69) is 10.2 Å². The van der Waals surface area contributed by atoms with Crippen LogP contribution >= 0.6 is 0 Å². The number of carbonyl (C=O) groups is 2. The van der Waals surface area contributed by atoms with E-state index in [4.69, 9.17) is 14.6 Å². The number of ether oxygens (including phenoxy) is 2. The van der Waals surface area contributed by atoms with Crippen molar-refractivity contribution < 1.29 is 24.2 Å². The van der Waals surface area contributed by atoms with Crippen LogP contribution in [-0.4, -0.2) is 65.0 Å². The van der Waals surface area contributed by atoms with E-state index in [-0.39, 0.29) is 24.7 Å². The molecule has 1 aliphatic rings. The van der Waals surface area contributed by atoms with Gasteiger partial charge < -0.3 is 19.5 Å². The molecule has 0 spiro atoms. The second-order valence-corrected chi connectivity index (χ2v) is 3.89. The fourth-order valence-electron chi connectivity index (χ4n) is 1.74. The van der Waals surface area contributed by atoms with Gasteiger partial charge in [0.05, 0.1) is 20.3 Å². The largest absolute Gasteiger partial charge is 0.480 e. The first kappa shape index (κ1) is 13.2. The summed E-state index contributed by atoms with van der Waals surface area (Å²) in [6, 6.07) is 1.95. The fourth-order valence-corrected chi connectivity index (χ4v) is 1.74. The molecule has 8 nitrogen and oxygen atoms in total. The Bertz CT molecular complexity index is 476. The predicted molar refractivity (Wildman–Crippen MR) is 61.9 cm³/mol. The number of amides is 1. The van der Waals surface area contributed by atoms with Gasteiger partial charge in [0.15, 0.2) is 11.7 Å². The number of morpholine rings is 1.